The largest absolute Gasteiger partial charge is 0.391 e. The summed E-state index contributed by atoms with van der Waals surface area (Å²) < 4.78 is 0. The smallest absolute Gasteiger partial charge is 0.0737 e. The number of aliphatic hydroxyl groups excluding tert-OH is 1. The number of likely N-dealkylation sites (tertiary alicyclic amines) is 1. The van der Waals surface area contributed by atoms with E-state index in [1.807, 2.05) is 12.1 Å². The normalized spacial score (nSPS) is 23.6. The molecule has 1 heterocycles. The molecule has 2 aromatic rings. The molecule has 0 amide bonds. The molecule has 1 saturated heterocycles. The average Bonchev–Trinajstić information content (AvgIpc) is 2.49. The fraction of sp³-hybridized carbons (Fsp3) is 0.333. The molecule has 1 aliphatic heterocycles. The summed E-state index contributed by atoms with van der Waals surface area (Å²) in [5.41, 5.74) is 2.53. The van der Waals surface area contributed by atoms with E-state index in [1.54, 1.807) is 0 Å². The van der Waals surface area contributed by atoms with Gasteiger partial charge < -0.3 is 5.11 Å². The molecule has 0 aliphatic carbocycles. The van der Waals surface area contributed by atoms with Gasteiger partial charge in [0.2, 0.25) is 0 Å². The van der Waals surface area contributed by atoms with Crippen molar-refractivity contribution in [1.29, 1.82) is 0 Å². The minimum atomic E-state index is -0.269. The van der Waals surface area contributed by atoms with Gasteiger partial charge in [0.05, 0.1) is 12.1 Å². The van der Waals surface area contributed by atoms with E-state index < -0.39 is 0 Å². The molecule has 0 unspecified atom stereocenters. The first kappa shape index (κ1) is 13.3. The number of piperidine rings is 1. The third-order valence-corrected chi connectivity index (χ3v) is 4.07. The first-order chi connectivity index (χ1) is 9.84. The molecule has 1 N–H and O–H groups in total. The predicted octanol–water partition coefficient (Wildman–Crippen LogP) is 3.38. The SMILES string of the molecule is O[C@H]1CCCN(Cc2ccccc2)[C@@H]1c1ccccc1. The molecule has 2 nitrogen and oxygen atoms in total. The molecule has 0 aromatic heterocycles. The Balaban J connectivity index is 1.83. The molecule has 104 valence electrons. The summed E-state index contributed by atoms with van der Waals surface area (Å²) in [5, 5.41) is 10.4. The minimum absolute atomic E-state index is 0.116. The van der Waals surface area contributed by atoms with Crippen molar-refractivity contribution in [2.24, 2.45) is 0 Å². The molecule has 1 aliphatic rings. The molecule has 0 bridgehead atoms. The monoisotopic (exact) mass is 267 g/mol. The van der Waals surface area contributed by atoms with Crippen LogP contribution in [0.15, 0.2) is 60.7 Å². The van der Waals surface area contributed by atoms with Gasteiger partial charge in [-0.1, -0.05) is 60.7 Å². The van der Waals surface area contributed by atoms with Gasteiger partial charge in [0.15, 0.2) is 0 Å². The first-order valence-corrected chi connectivity index (χ1v) is 7.35. The van der Waals surface area contributed by atoms with Crippen LogP contribution >= 0.6 is 0 Å². The Labute approximate surface area is 120 Å². The summed E-state index contributed by atoms with van der Waals surface area (Å²) in [4.78, 5) is 2.40. The summed E-state index contributed by atoms with van der Waals surface area (Å²) in [6, 6.07) is 21.0. The molecule has 2 heteroatoms. The second kappa shape index (κ2) is 6.21. The van der Waals surface area contributed by atoms with E-state index in [2.05, 4.69) is 53.4 Å². The van der Waals surface area contributed by atoms with Crippen LogP contribution in [0.5, 0.6) is 0 Å². The van der Waals surface area contributed by atoms with Gasteiger partial charge in [-0.15, -0.1) is 0 Å². The molecule has 3 rings (SSSR count). The van der Waals surface area contributed by atoms with Gasteiger partial charge in [-0.05, 0) is 30.5 Å². The van der Waals surface area contributed by atoms with Gasteiger partial charge in [-0.2, -0.15) is 0 Å². The van der Waals surface area contributed by atoms with Crippen LogP contribution in [0.1, 0.15) is 30.0 Å². The van der Waals surface area contributed by atoms with Crippen LogP contribution in [0.4, 0.5) is 0 Å². The van der Waals surface area contributed by atoms with Gasteiger partial charge in [0, 0.05) is 6.54 Å². The molecule has 0 radical (unpaired) electrons. The van der Waals surface area contributed by atoms with Crippen molar-refractivity contribution in [3.05, 3.63) is 71.8 Å². The lowest BCUT2D eigenvalue weighted by Gasteiger charge is -2.39. The number of rotatable bonds is 3. The van der Waals surface area contributed by atoms with Crippen molar-refractivity contribution in [2.75, 3.05) is 6.54 Å². The predicted molar refractivity (Wildman–Crippen MR) is 81.3 cm³/mol. The maximum atomic E-state index is 10.4. The molecular weight excluding hydrogens is 246 g/mol. The Kier molecular flexibility index (Phi) is 4.14. The van der Waals surface area contributed by atoms with E-state index in [0.717, 1.165) is 25.9 Å². The van der Waals surface area contributed by atoms with Crippen LogP contribution in [-0.2, 0) is 6.54 Å². The van der Waals surface area contributed by atoms with Crippen LogP contribution in [0, 0.1) is 0 Å². The minimum Gasteiger partial charge on any atom is -0.391 e. The van der Waals surface area contributed by atoms with E-state index in [0.29, 0.717) is 0 Å². The highest BCUT2D eigenvalue weighted by Gasteiger charge is 2.31. The fourth-order valence-corrected chi connectivity index (χ4v) is 3.12. The van der Waals surface area contributed by atoms with Crippen LogP contribution < -0.4 is 0 Å². The van der Waals surface area contributed by atoms with Crippen molar-refractivity contribution in [2.45, 2.75) is 31.5 Å². The van der Waals surface area contributed by atoms with Crippen molar-refractivity contribution in [3.8, 4) is 0 Å². The Morgan fingerprint density at radius 1 is 0.950 bits per heavy atom. The zero-order valence-electron chi connectivity index (χ0n) is 11.7. The van der Waals surface area contributed by atoms with Gasteiger partial charge in [-0.3, -0.25) is 4.90 Å². The third kappa shape index (κ3) is 2.92. The lowest BCUT2D eigenvalue weighted by molar-refractivity contribution is 0.00521. The number of nitrogens with zero attached hydrogens (tertiary/aromatic N) is 1. The number of aliphatic hydroxyl groups is 1. The highest BCUT2D eigenvalue weighted by Crippen LogP contribution is 2.32. The van der Waals surface area contributed by atoms with Gasteiger partial charge >= 0.3 is 0 Å². The van der Waals surface area contributed by atoms with E-state index >= 15 is 0 Å². The second-order valence-electron chi connectivity index (χ2n) is 5.52. The van der Waals surface area contributed by atoms with Crippen molar-refractivity contribution >= 4 is 0 Å². The Morgan fingerprint density at radius 3 is 2.30 bits per heavy atom. The van der Waals surface area contributed by atoms with Crippen molar-refractivity contribution < 1.29 is 5.11 Å². The lowest BCUT2D eigenvalue weighted by atomic mass is 9.92. The summed E-state index contributed by atoms with van der Waals surface area (Å²) in [5.74, 6) is 0. The third-order valence-electron chi connectivity index (χ3n) is 4.07. The maximum Gasteiger partial charge on any atom is 0.0737 e. The molecule has 2 atom stereocenters. The standard InChI is InChI=1S/C18H21NO/c20-17-12-7-13-19(14-15-8-3-1-4-9-15)18(17)16-10-5-2-6-11-16/h1-6,8-11,17-18,20H,7,12-14H2/t17-,18+/m0/s1. The van der Waals surface area contributed by atoms with E-state index in [4.69, 9.17) is 0 Å². The molecule has 20 heavy (non-hydrogen) atoms. The average molecular weight is 267 g/mol. The van der Waals surface area contributed by atoms with E-state index in [1.165, 1.54) is 11.1 Å². The zero-order valence-corrected chi connectivity index (χ0v) is 11.7. The molecular formula is C18H21NO. The van der Waals surface area contributed by atoms with Crippen LogP contribution in [0.3, 0.4) is 0 Å². The van der Waals surface area contributed by atoms with E-state index in [-0.39, 0.29) is 12.1 Å². The van der Waals surface area contributed by atoms with Gasteiger partial charge in [-0.25, -0.2) is 0 Å². The van der Waals surface area contributed by atoms with Gasteiger partial charge in [0.25, 0.3) is 0 Å². The van der Waals surface area contributed by atoms with Crippen molar-refractivity contribution in [1.82, 2.24) is 4.90 Å². The Hall–Kier alpha value is -1.64. The van der Waals surface area contributed by atoms with Gasteiger partial charge in [0.1, 0.15) is 0 Å². The number of hydrogen-bond acceptors (Lipinski definition) is 2. The topological polar surface area (TPSA) is 23.5 Å². The fourth-order valence-electron chi connectivity index (χ4n) is 3.12. The summed E-state index contributed by atoms with van der Waals surface area (Å²) in [6.45, 7) is 1.95. The summed E-state index contributed by atoms with van der Waals surface area (Å²) in [7, 11) is 0. The van der Waals surface area contributed by atoms with Crippen LogP contribution in [-0.4, -0.2) is 22.7 Å². The van der Waals surface area contributed by atoms with Crippen LogP contribution in [0.25, 0.3) is 0 Å². The Bertz CT molecular complexity index is 526. The van der Waals surface area contributed by atoms with Crippen molar-refractivity contribution in [3.63, 3.8) is 0 Å². The highest BCUT2D eigenvalue weighted by molar-refractivity contribution is 5.22. The summed E-state index contributed by atoms with van der Waals surface area (Å²) in [6.07, 6.45) is 1.69. The van der Waals surface area contributed by atoms with E-state index in [9.17, 15) is 5.11 Å². The number of hydrogen-bond donors (Lipinski definition) is 1. The molecule has 0 saturated carbocycles. The first-order valence-electron chi connectivity index (χ1n) is 7.35. The highest BCUT2D eigenvalue weighted by atomic mass is 16.3. The second-order valence-corrected chi connectivity index (χ2v) is 5.52. The molecule has 2 aromatic carbocycles. The zero-order chi connectivity index (χ0) is 13.8. The number of benzene rings is 2. The van der Waals surface area contributed by atoms with Crippen LogP contribution in [0.2, 0.25) is 0 Å². The molecule has 0 spiro atoms. The quantitative estimate of drug-likeness (QED) is 0.921. The summed E-state index contributed by atoms with van der Waals surface area (Å²) >= 11 is 0. The lowest BCUT2D eigenvalue weighted by Crippen LogP contribution is -2.41. The maximum absolute atomic E-state index is 10.4. The molecule has 1 fully saturated rings. The Morgan fingerprint density at radius 2 is 1.60 bits per heavy atom.